The van der Waals surface area contributed by atoms with E-state index in [-0.39, 0.29) is 17.9 Å². The molecule has 4 rings (SSSR count). The standard InChI is InChI=1S/C24H19ClN2O4/c1-31-19-10-6-17(7-11-19)22(28)20-21(16-4-8-18(25)9-5-16)27(24(30)23(20)29)14-15-3-2-12-26-13-15/h2-13,21,28H,14H2,1H3/t21-/m0/s1. The number of ether oxygens (including phenoxy) is 1. The molecule has 1 N–H and O–H groups in total. The van der Waals surface area contributed by atoms with E-state index in [0.717, 1.165) is 5.56 Å². The van der Waals surface area contributed by atoms with E-state index < -0.39 is 17.7 Å². The zero-order valence-electron chi connectivity index (χ0n) is 16.7. The quantitative estimate of drug-likeness (QED) is 0.366. The zero-order chi connectivity index (χ0) is 22.0. The molecule has 0 saturated carbocycles. The molecule has 1 aliphatic heterocycles. The van der Waals surface area contributed by atoms with Crippen LogP contribution in [-0.2, 0) is 16.1 Å². The molecule has 1 atom stereocenters. The van der Waals surface area contributed by atoms with Crippen molar-refractivity contribution in [2.75, 3.05) is 7.11 Å². The molecule has 1 saturated heterocycles. The summed E-state index contributed by atoms with van der Waals surface area (Å²) < 4.78 is 5.15. The number of pyridine rings is 1. The highest BCUT2D eigenvalue weighted by Gasteiger charge is 2.46. The molecule has 6 nitrogen and oxygen atoms in total. The van der Waals surface area contributed by atoms with Gasteiger partial charge < -0.3 is 14.7 Å². The Kier molecular flexibility index (Phi) is 5.73. The summed E-state index contributed by atoms with van der Waals surface area (Å²) in [6, 6.07) is 16.3. The number of carbonyl (C=O) groups is 2. The van der Waals surface area contributed by atoms with E-state index in [0.29, 0.717) is 21.9 Å². The topological polar surface area (TPSA) is 79.7 Å². The molecule has 1 fully saturated rings. The van der Waals surface area contributed by atoms with Gasteiger partial charge in [-0.1, -0.05) is 29.8 Å². The molecule has 156 valence electrons. The summed E-state index contributed by atoms with van der Waals surface area (Å²) >= 11 is 6.04. The lowest BCUT2D eigenvalue weighted by Gasteiger charge is -2.25. The summed E-state index contributed by atoms with van der Waals surface area (Å²) in [6.45, 7) is 0.172. The normalized spacial score (nSPS) is 17.7. The predicted molar refractivity (Wildman–Crippen MR) is 117 cm³/mol. The Labute approximate surface area is 184 Å². The smallest absolute Gasteiger partial charge is 0.295 e. The number of hydrogen-bond acceptors (Lipinski definition) is 5. The third-order valence-electron chi connectivity index (χ3n) is 5.16. The molecule has 1 amide bonds. The van der Waals surface area contributed by atoms with Crippen LogP contribution in [0, 0.1) is 0 Å². The van der Waals surface area contributed by atoms with Crippen LogP contribution in [0.5, 0.6) is 5.75 Å². The fraction of sp³-hybridized carbons (Fsp3) is 0.125. The number of methoxy groups -OCH3 is 1. The number of nitrogens with zero attached hydrogens (tertiary/aromatic N) is 2. The number of halogens is 1. The summed E-state index contributed by atoms with van der Waals surface area (Å²) in [5.41, 5.74) is 1.89. The largest absolute Gasteiger partial charge is 0.507 e. The highest BCUT2D eigenvalue weighted by atomic mass is 35.5. The SMILES string of the molecule is COc1ccc(C(O)=C2C(=O)C(=O)N(Cc3cccnc3)[C@H]2c2ccc(Cl)cc2)cc1. The van der Waals surface area contributed by atoms with Crippen molar-refractivity contribution in [3.63, 3.8) is 0 Å². The highest BCUT2D eigenvalue weighted by Crippen LogP contribution is 2.40. The van der Waals surface area contributed by atoms with E-state index >= 15 is 0 Å². The average molecular weight is 435 g/mol. The number of aliphatic hydroxyl groups excluding tert-OH is 1. The van der Waals surface area contributed by atoms with Crippen LogP contribution in [0.3, 0.4) is 0 Å². The lowest BCUT2D eigenvalue weighted by molar-refractivity contribution is -0.140. The minimum atomic E-state index is -0.764. The second kappa shape index (κ2) is 8.62. The van der Waals surface area contributed by atoms with Gasteiger partial charge in [-0.3, -0.25) is 14.6 Å². The molecule has 2 aromatic carbocycles. The van der Waals surface area contributed by atoms with E-state index in [9.17, 15) is 14.7 Å². The van der Waals surface area contributed by atoms with Crippen molar-refractivity contribution in [2.45, 2.75) is 12.6 Å². The van der Waals surface area contributed by atoms with Crippen LogP contribution < -0.4 is 4.74 Å². The third kappa shape index (κ3) is 4.02. The first-order chi connectivity index (χ1) is 15.0. The number of amides is 1. The summed E-state index contributed by atoms with van der Waals surface area (Å²) in [6.07, 6.45) is 3.28. The number of carbonyl (C=O) groups excluding carboxylic acids is 2. The number of likely N-dealkylation sites (tertiary alicyclic amines) is 1. The van der Waals surface area contributed by atoms with Gasteiger partial charge in [0.2, 0.25) is 0 Å². The van der Waals surface area contributed by atoms with Crippen molar-refractivity contribution in [3.05, 3.63) is 100 Å². The van der Waals surface area contributed by atoms with Crippen LogP contribution in [0.1, 0.15) is 22.7 Å². The maximum atomic E-state index is 13.0. The van der Waals surface area contributed by atoms with Gasteiger partial charge >= 0.3 is 0 Å². The predicted octanol–water partition coefficient (Wildman–Crippen LogP) is 4.37. The van der Waals surface area contributed by atoms with Crippen LogP contribution in [0.2, 0.25) is 5.02 Å². The molecule has 7 heteroatoms. The molecule has 3 aromatic rings. The van der Waals surface area contributed by atoms with E-state index in [4.69, 9.17) is 16.3 Å². The molecule has 0 unspecified atom stereocenters. The van der Waals surface area contributed by atoms with Crippen LogP contribution in [0.25, 0.3) is 5.76 Å². The Morgan fingerprint density at radius 2 is 1.81 bits per heavy atom. The van der Waals surface area contributed by atoms with Gasteiger partial charge in [0.25, 0.3) is 11.7 Å². The van der Waals surface area contributed by atoms with Crippen molar-refractivity contribution >= 4 is 29.1 Å². The first-order valence-corrected chi connectivity index (χ1v) is 9.94. The van der Waals surface area contributed by atoms with Gasteiger partial charge in [0.05, 0.1) is 18.7 Å². The Hall–Kier alpha value is -3.64. The van der Waals surface area contributed by atoms with Gasteiger partial charge in [0, 0.05) is 29.5 Å². The van der Waals surface area contributed by atoms with E-state index in [1.54, 1.807) is 74.1 Å². The van der Waals surface area contributed by atoms with Crippen molar-refractivity contribution in [1.29, 1.82) is 0 Å². The molecular formula is C24H19ClN2O4. The van der Waals surface area contributed by atoms with Crippen LogP contribution >= 0.6 is 11.6 Å². The maximum Gasteiger partial charge on any atom is 0.295 e. The molecule has 1 aromatic heterocycles. The van der Waals surface area contributed by atoms with Crippen LogP contribution in [0.4, 0.5) is 0 Å². The van der Waals surface area contributed by atoms with Gasteiger partial charge in [-0.25, -0.2) is 0 Å². The molecule has 0 spiro atoms. The zero-order valence-corrected chi connectivity index (χ0v) is 17.4. The molecule has 0 bridgehead atoms. The minimum Gasteiger partial charge on any atom is -0.507 e. The molecule has 2 heterocycles. The van der Waals surface area contributed by atoms with Gasteiger partial charge in [-0.2, -0.15) is 0 Å². The highest BCUT2D eigenvalue weighted by molar-refractivity contribution is 6.46. The summed E-state index contributed by atoms with van der Waals surface area (Å²) in [5.74, 6) is -1.05. The van der Waals surface area contributed by atoms with Crippen LogP contribution in [0.15, 0.2) is 78.6 Å². The Morgan fingerprint density at radius 1 is 1.10 bits per heavy atom. The van der Waals surface area contributed by atoms with Crippen molar-refractivity contribution in [1.82, 2.24) is 9.88 Å². The number of ketones is 1. The van der Waals surface area contributed by atoms with Crippen molar-refractivity contribution < 1.29 is 19.4 Å². The summed E-state index contributed by atoms with van der Waals surface area (Å²) in [4.78, 5) is 31.5. The number of aliphatic hydroxyl groups is 1. The van der Waals surface area contributed by atoms with Crippen molar-refractivity contribution in [2.24, 2.45) is 0 Å². The first kappa shape index (κ1) is 20.6. The lowest BCUT2D eigenvalue weighted by Crippen LogP contribution is -2.29. The van der Waals surface area contributed by atoms with E-state index in [1.807, 2.05) is 6.07 Å². The number of hydrogen-bond donors (Lipinski definition) is 1. The minimum absolute atomic E-state index is 0.0291. The summed E-state index contributed by atoms with van der Waals surface area (Å²) in [7, 11) is 1.54. The first-order valence-electron chi connectivity index (χ1n) is 9.57. The fourth-order valence-electron chi connectivity index (χ4n) is 3.63. The van der Waals surface area contributed by atoms with Crippen molar-refractivity contribution in [3.8, 4) is 5.75 Å². The van der Waals surface area contributed by atoms with Gasteiger partial charge in [-0.05, 0) is 53.6 Å². The number of benzene rings is 2. The molecule has 0 aliphatic carbocycles. The van der Waals surface area contributed by atoms with E-state index in [1.165, 1.54) is 4.90 Å². The number of Topliss-reactive ketones (excluding diaryl/α,β-unsaturated/α-hetero) is 1. The maximum absolute atomic E-state index is 13.0. The Bertz CT molecular complexity index is 1140. The number of aromatic nitrogens is 1. The fourth-order valence-corrected chi connectivity index (χ4v) is 3.75. The molecule has 0 radical (unpaired) electrons. The molecule has 1 aliphatic rings. The Morgan fingerprint density at radius 3 is 2.42 bits per heavy atom. The average Bonchev–Trinajstić information content (AvgIpc) is 3.05. The summed E-state index contributed by atoms with van der Waals surface area (Å²) in [5, 5.41) is 11.6. The van der Waals surface area contributed by atoms with Gasteiger partial charge in [0.15, 0.2) is 0 Å². The monoisotopic (exact) mass is 434 g/mol. The van der Waals surface area contributed by atoms with Crippen LogP contribution in [-0.4, -0.2) is 33.8 Å². The second-order valence-electron chi connectivity index (χ2n) is 7.07. The Balaban J connectivity index is 1.84. The lowest BCUT2D eigenvalue weighted by atomic mass is 9.95. The number of rotatable bonds is 5. The van der Waals surface area contributed by atoms with E-state index in [2.05, 4.69) is 4.98 Å². The molecular weight excluding hydrogens is 416 g/mol. The third-order valence-corrected chi connectivity index (χ3v) is 5.42. The molecule has 31 heavy (non-hydrogen) atoms. The van der Waals surface area contributed by atoms with Gasteiger partial charge in [0.1, 0.15) is 11.5 Å². The second-order valence-corrected chi connectivity index (χ2v) is 7.50. The van der Waals surface area contributed by atoms with Gasteiger partial charge in [-0.15, -0.1) is 0 Å².